The Balaban J connectivity index is 1.63. The first-order valence-electron chi connectivity index (χ1n) is 7.92. The Morgan fingerprint density at radius 3 is 3.05 bits per heavy atom. The number of amides is 1. The quantitative estimate of drug-likeness (QED) is 0.776. The fraction of sp³-hybridized carbons (Fsp3) is 0.688. The zero-order valence-corrected chi connectivity index (χ0v) is 14.4. The van der Waals surface area contributed by atoms with E-state index < -0.39 is 0 Å². The highest BCUT2D eigenvalue weighted by molar-refractivity contribution is 7.07. The van der Waals surface area contributed by atoms with Crippen molar-refractivity contribution in [1.82, 2.24) is 15.1 Å². The number of nitrogens with one attached hydrogen (secondary N) is 1. The van der Waals surface area contributed by atoms with E-state index in [1.54, 1.807) is 18.4 Å². The summed E-state index contributed by atoms with van der Waals surface area (Å²) >= 11 is 1.70. The van der Waals surface area contributed by atoms with Gasteiger partial charge in [-0.25, -0.2) is 0 Å². The smallest absolute Gasteiger partial charge is 0.234 e. The van der Waals surface area contributed by atoms with Gasteiger partial charge in [-0.05, 0) is 35.7 Å². The Morgan fingerprint density at radius 1 is 1.50 bits per heavy atom. The molecule has 0 bridgehead atoms. The van der Waals surface area contributed by atoms with Gasteiger partial charge >= 0.3 is 0 Å². The van der Waals surface area contributed by atoms with E-state index in [4.69, 9.17) is 4.74 Å². The van der Waals surface area contributed by atoms with Crippen molar-refractivity contribution < 1.29 is 9.53 Å². The van der Waals surface area contributed by atoms with Crippen molar-refractivity contribution in [2.24, 2.45) is 0 Å². The van der Waals surface area contributed by atoms with Gasteiger partial charge in [-0.3, -0.25) is 14.6 Å². The summed E-state index contributed by atoms with van der Waals surface area (Å²) in [5, 5.41) is 7.22. The molecule has 1 N–H and O–H groups in total. The maximum absolute atomic E-state index is 12.0. The van der Waals surface area contributed by atoms with Crippen molar-refractivity contribution in [3.05, 3.63) is 22.4 Å². The molecule has 0 saturated carbocycles. The van der Waals surface area contributed by atoms with E-state index in [-0.39, 0.29) is 5.91 Å². The molecule has 0 aliphatic carbocycles. The van der Waals surface area contributed by atoms with Crippen LogP contribution in [-0.2, 0) is 16.0 Å². The minimum Gasteiger partial charge on any atom is -0.383 e. The largest absolute Gasteiger partial charge is 0.383 e. The van der Waals surface area contributed by atoms with Crippen LogP contribution in [0.5, 0.6) is 0 Å². The van der Waals surface area contributed by atoms with Crippen molar-refractivity contribution in [3.63, 3.8) is 0 Å². The third kappa shape index (κ3) is 5.68. The molecule has 2 heterocycles. The zero-order valence-electron chi connectivity index (χ0n) is 13.6. The fourth-order valence-corrected chi connectivity index (χ4v) is 3.50. The lowest BCUT2D eigenvalue weighted by Gasteiger charge is -2.39. The van der Waals surface area contributed by atoms with Gasteiger partial charge in [0, 0.05) is 45.9 Å². The molecule has 1 aromatic rings. The molecule has 0 spiro atoms. The molecule has 1 amide bonds. The molecule has 6 heteroatoms. The Hall–Kier alpha value is -0.950. The minimum atomic E-state index is 0.132. The first kappa shape index (κ1) is 17.4. The van der Waals surface area contributed by atoms with Crippen molar-refractivity contribution in [2.75, 3.05) is 53.0 Å². The summed E-state index contributed by atoms with van der Waals surface area (Å²) in [5.74, 6) is 0.132. The van der Waals surface area contributed by atoms with Gasteiger partial charge in [0.15, 0.2) is 0 Å². The molecule has 1 aliphatic rings. The molecule has 0 radical (unpaired) electrons. The molecule has 0 aromatic carbocycles. The normalized spacial score (nSPS) is 20.2. The highest BCUT2D eigenvalue weighted by Gasteiger charge is 2.24. The van der Waals surface area contributed by atoms with E-state index in [1.165, 1.54) is 5.56 Å². The summed E-state index contributed by atoms with van der Waals surface area (Å²) in [6.45, 7) is 8.09. The van der Waals surface area contributed by atoms with Gasteiger partial charge in [-0.15, -0.1) is 0 Å². The molecule has 1 aromatic heterocycles. The summed E-state index contributed by atoms with van der Waals surface area (Å²) in [6, 6.07) is 2.58. The van der Waals surface area contributed by atoms with Crippen LogP contribution in [0.4, 0.5) is 0 Å². The van der Waals surface area contributed by atoms with Crippen molar-refractivity contribution in [3.8, 4) is 0 Å². The summed E-state index contributed by atoms with van der Waals surface area (Å²) in [6.07, 6.45) is 0.913. The van der Waals surface area contributed by atoms with Crippen LogP contribution in [0.3, 0.4) is 0 Å². The lowest BCUT2D eigenvalue weighted by atomic mass is 10.2. The van der Waals surface area contributed by atoms with E-state index in [9.17, 15) is 4.79 Å². The Kier molecular flexibility index (Phi) is 7.32. The third-order valence-electron chi connectivity index (χ3n) is 4.11. The molecule has 0 unspecified atom stereocenters. The second-order valence-corrected chi connectivity index (χ2v) is 6.62. The highest BCUT2D eigenvalue weighted by Crippen LogP contribution is 2.09. The third-order valence-corrected chi connectivity index (χ3v) is 4.85. The topological polar surface area (TPSA) is 44.8 Å². The van der Waals surface area contributed by atoms with E-state index >= 15 is 0 Å². The van der Waals surface area contributed by atoms with Crippen LogP contribution in [0.15, 0.2) is 16.8 Å². The number of thiophene rings is 1. The SMILES string of the molecule is COCCN1CCN(CC(=O)NCCc2ccsc2)C[C@@H]1C. The van der Waals surface area contributed by atoms with Gasteiger partial charge in [0.25, 0.3) is 0 Å². The van der Waals surface area contributed by atoms with E-state index in [0.29, 0.717) is 12.6 Å². The van der Waals surface area contributed by atoms with Crippen LogP contribution in [0, 0.1) is 0 Å². The van der Waals surface area contributed by atoms with E-state index in [0.717, 1.165) is 45.8 Å². The summed E-state index contributed by atoms with van der Waals surface area (Å²) in [5.41, 5.74) is 1.30. The van der Waals surface area contributed by atoms with Crippen LogP contribution >= 0.6 is 11.3 Å². The summed E-state index contributed by atoms with van der Waals surface area (Å²) in [7, 11) is 1.74. The number of carbonyl (C=O) groups is 1. The molecule has 22 heavy (non-hydrogen) atoms. The molecule has 2 rings (SSSR count). The first-order valence-corrected chi connectivity index (χ1v) is 8.86. The van der Waals surface area contributed by atoms with Gasteiger partial charge in [-0.2, -0.15) is 11.3 Å². The fourth-order valence-electron chi connectivity index (χ4n) is 2.80. The van der Waals surface area contributed by atoms with Gasteiger partial charge < -0.3 is 10.1 Å². The Bertz CT molecular complexity index is 439. The first-order chi connectivity index (χ1) is 10.7. The minimum absolute atomic E-state index is 0.132. The van der Waals surface area contributed by atoms with Crippen LogP contribution in [0.1, 0.15) is 12.5 Å². The number of carbonyl (C=O) groups excluding carboxylic acids is 1. The monoisotopic (exact) mass is 325 g/mol. The maximum Gasteiger partial charge on any atom is 0.234 e. The van der Waals surface area contributed by atoms with Crippen molar-refractivity contribution in [1.29, 1.82) is 0 Å². The van der Waals surface area contributed by atoms with Crippen LogP contribution < -0.4 is 5.32 Å². The van der Waals surface area contributed by atoms with Crippen molar-refractivity contribution in [2.45, 2.75) is 19.4 Å². The second-order valence-electron chi connectivity index (χ2n) is 5.84. The maximum atomic E-state index is 12.0. The lowest BCUT2D eigenvalue weighted by Crippen LogP contribution is -2.54. The highest BCUT2D eigenvalue weighted by atomic mass is 32.1. The van der Waals surface area contributed by atoms with E-state index in [1.807, 2.05) is 0 Å². The molecule has 1 fully saturated rings. The molecular weight excluding hydrogens is 298 g/mol. The van der Waals surface area contributed by atoms with Crippen LogP contribution in [0.25, 0.3) is 0 Å². The average Bonchev–Trinajstić information content (AvgIpc) is 3.00. The van der Waals surface area contributed by atoms with E-state index in [2.05, 4.69) is 38.9 Å². The molecule has 124 valence electrons. The van der Waals surface area contributed by atoms with Gasteiger partial charge in [0.1, 0.15) is 0 Å². The number of rotatable bonds is 8. The number of nitrogens with zero attached hydrogens (tertiary/aromatic N) is 2. The lowest BCUT2D eigenvalue weighted by molar-refractivity contribution is -0.122. The molecular formula is C16H27N3O2S. The molecule has 5 nitrogen and oxygen atoms in total. The average molecular weight is 325 g/mol. The standard InChI is InChI=1S/C16H27N3O2S/c1-14-11-18(6-7-19(14)8-9-21-2)12-16(20)17-5-3-15-4-10-22-13-15/h4,10,13-14H,3,5-9,11-12H2,1-2H3,(H,17,20)/t14-/m0/s1. The summed E-state index contributed by atoms with van der Waals surface area (Å²) < 4.78 is 5.14. The number of hydrogen-bond donors (Lipinski definition) is 1. The molecule has 1 atom stereocenters. The second kappa shape index (κ2) is 9.25. The predicted molar refractivity (Wildman–Crippen MR) is 90.4 cm³/mol. The van der Waals surface area contributed by atoms with Crippen LogP contribution in [0.2, 0.25) is 0 Å². The van der Waals surface area contributed by atoms with Gasteiger partial charge in [-0.1, -0.05) is 0 Å². The number of ether oxygens (including phenoxy) is 1. The Labute approximate surface area is 137 Å². The number of methoxy groups -OCH3 is 1. The predicted octanol–water partition coefficient (Wildman–Crippen LogP) is 1.06. The Morgan fingerprint density at radius 2 is 2.36 bits per heavy atom. The van der Waals surface area contributed by atoms with Gasteiger partial charge in [0.05, 0.1) is 13.2 Å². The number of hydrogen-bond acceptors (Lipinski definition) is 5. The van der Waals surface area contributed by atoms with Gasteiger partial charge in [0.2, 0.25) is 5.91 Å². The zero-order chi connectivity index (χ0) is 15.8. The van der Waals surface area contributed by atoms with Crippen LogP contribution in [-0.4, -0.2) is 74.7 Å². The number of piperazine rings is 1. The molecule has 1 saturated heterocycles. The molecule has 1 aliphatic heterocycles. The summed E-state index contributed by atoms with van der Waals surface area (Å²) in [4.78, 5) is 16.7. The van der Waals surface area contributed by atoms with Crippen molar-refractivity contribution >= 4 is 17.2 Å².